The molecule has 0 spiro atoms. The van der Waals surface area contributed by atoms with Crippen LogP contribution in [0.1, 0.15) is 168 Å². The molecule has 0 fully saturated rings. The molecule has 0 amide bonds. The smallest absolute Gasteiger partial charge is 0.306 e. The number of hydrogen-bond acceptors (Lipinski definition) is 3. The Morgan fingerprint density at radius 3 is 1.42 bits per heavy atom. The molecule has 0 aromatic heterocycles. The van der Waals surface area contributed by atoms with Gasteiger partial charge in [-0.2, -0.15) is 0 Å². The summed E-state index contributed by atoms with van der Waals surface area (Å²) in [5.41, 5.74) is 0. The summed E-state index contributed by atoms with van der Waals surface area (Å²) >= 11 is 0. The number of carbonyl (C=O) groups excluding carboxylic acids is 1. The molecular weight excluding hydrogens is 408 g/mol. The van der Waals surface area contributed by atoms with Gasteiger partial charge in [-0.1, -0.05) is 136 Å². The van der Waals surface area contributed by atoms with Crippen molar-refractivity contribution in [2.75, 3.05) is 6.61 Å². The van der Waals surface area contributed by atoms with E-state index in [-0.39, 0.29) is 24.6 Å². The lowest BCUT2D eigenvalue weighted by atomic mass is 9.91. The summed E-state index contributed by atoms with van der Waals surface area (Å²) in [4.78, 5) is 12.6. The van der Waals surface area contributed by atoms with E-state index in [9.17, 15) is 9.90 Å². The van der Waals surface area contributed by atoms with E-state index in [1.54, 1.807) is 0 Å². The van der Waals surface area contributed by atoms with Gasteiger partial charge in [-0.3, -0.25) is 4.79 Å². The molecule has 0 radical (unpaired) electrons. The molecule has 1 N–H and O–H groups in total. The number of hydrogen-bond donors (Lipinski definition) is 1. The van der Waals surface area contributed by atoms with E-state index in [1.807, 2.05) is 0 Å². The number of esters is 1. The summed E-state index contributed by atoms with van der Waals surface area (Å²) < 4.78 is 5.99. The Labute approximate surface area is 207 Å². The van der Waals surface area contributed by atoms with Gasteiger partial charge in [0.25, 0.3) is 0 Å². The Morgan fingerprint density at radius 2 is 0.970 bits per heavy atom. The van der Waals surface area contributed by atoms with Crippen LogP contribution in [0.4, 0.5) is 0 Å². The highest BCUT2D eigenvalue weighted by molar-refractivity contribution is 5.69. The quantitative estimate of drug-likeness (QED) is 0.101. The Balaban J connectivity index is 4.38. The van der Waals surface area contributed by atoms with Crippen molar-refractivity contribution in [3.05, 3.63) is 0 Å². The molecule has 0 aromatic carbocycles. The van der Waals surface area contributed by atoms with E-state index < -0.39 is 0 Å². The molecule has 3 heteroatoms. The molecule has 0 heterocycles. The fourth-order valence-corrected chi connectivity index (χ4v) is 4.73. The highest BCUT2D eigenvalue weighted by Crippen LogP contribution is 2.23. The van der Waals surface area contributed by atoms with Gasteiger partial charge in [-0.15, -0.1) is 0 Å². The van der Waals surface area contributed by atoms with Crippen LogP contribution in [0.2, 0.25) is 0 Å². The maximum Gasteiger partial charge on any atom is 0.306 e. The molecule has 0 saturated heterocycles. The van der Waals surface area contributed by atoms with Crippen molar-refractivity contribution in [1.29, 1.82) is 0 Å². The Hall–Kier alpha value is -0.570. The second kappa shape index (κ2) is 26.0. The van der Waals surface area contributed by atoms with Gasteiger partial charge in [0.15, 0.2) is 0 Å². The highest BCUT2D eigenvalue weighted by atomic mass is 16.5. The maximum absolute atomic E-state index is 12.6. The van der Waals surface area contributed by atoms with Crippen LogP contribution >= 0.6 is 0 Å². The molecular formula is C30H60O3. The monoisotopic (exact) mass is 468 g/mol. The number of rotatable bonds is 26. The number of aliphatic hydroxyl groups excluding tert-OH is 1. The minimum atomic E-state index is -0.0988. The van der Waals surface area contributed by atoms with E-state index in [4.69, 9.17) is 4.74 Å². The number of unbranched alkanes of at least 4 members (excludes halogenated alkanes) is 17. The molecule has 0 aromatic rings. The van der Waals surface area contributed by atoms with Gasteiger partial charge in [0.2, 0.25) is 0 Å². The van der Waals surface area contributed by atoms with Gasteiger partial charge < -0.3 is 9.84 Å². The second-order valence-electron chi connectivity index (χ2n) is 10.3. The van der Waals surface area contributed by atoms with E-state index in [0.717, 1.165) is 38.5 Å². The lowest BCUT2D eigenvalue weighted by molar-refractivity contribution is -0.153. The van der Waals surface area contributed by atoms with Gasteiger partial charge in [0.1, 0.15) is 6.10 Å². The normalized spacial score (nSPS) is 13.2. The molecule has 2 atom stereocenters. The Bertz CT molecular complexity index is 396. The molecule has 3 nitrogen and oxygen atoms in total. The van der Waals surface area contributed by atoms with E-state index in [2.05, 4.69) is 20.8 Å². The van der Waals surface area contributed by atoms with Gasteiger partial charge in [0.05, 0.1) is 0 Å². The fourth-order valence-electron chi connectivity index (χ4n) is 4.73. The predicted octanol–water partition coefficient (Wildman–Crippen LogP) is 9.54. The third-order valence-electron chi connectivity index (χ3n) is 7.05. The molecule has 198 valence electrons. The summed E-state index contributed by atoms with van der Waals surface area (Å²) in [5.74, 6) is 0.0622. The van der Waals surface area contributed by atoms with Crippen LogP contribution < -0.4 is 0 Å². The molecule has 2 unspecified atom stereocenters. The number of aliphatic hydroxyl groups is 1. The third kappa shape index (κ3) is 21.7. The van der Waals surface area contributed by atoms with E-state index >= 15 is 0 Å². The standard InChI is InChI=1S/C30H60O3/c1-4-7-10-13-16-19-22-25-29(28(27-31)24-21-18-15-12-9-6-3)33-30(32)26-23-20-17-14-11-8-5-2/h28-29,31H,4-27H2,1-3H3. The molecule has 0 aliphatic heterocycles. The summed E-state index contributed by atoms with van der Waals surface area (Å²) in [6, 6.07) is 0. The molecule has 33 heavy (non-hydrogen) atoms. The Morgan fingerprint density at radius 1 is 0.576 bits per heavy atom. The highest BCUT2D eigenvalue weighted by Gasteiger charge is 2.24. The van der Waals surface area contributed by atoms with Gasteiger partial charge in [0, 0.05) is 18.9 Å². The zero-order chi connectivity index (χ0) is 24.4. The molecule has 0 bridgehead atoms. The van der Waals surface area contributed by atoms with Crippen molar-refractivity contribution in [2.45, 2.75) is 175 Å². The second-order valence-corrected chi connectivity index (χ2v) is 10.3. The van der Waals surface area contributed by atoms with Crippen LogP contribution in [-0.4, -0.2) is 23.8 Å². The van der Waals surface area contributed by atoms with E-state index in [0.29, 0.717) is 6.42 Å². The molecule has 0 aliphatic rings. The lowest BCUT2D eigenvalue weighted by Gasteiger charge is -2.26. The number of ether oxygens (including phenoxy) is 1. The van der Waals surface area contributed by atoms with Crippen molar-refractivity contribution in [3.63, 3.8) is 0 Å². The van der Waals surface area contributed by atoms with Crippen LogP contribution in [0.25, 0.3) is 0 Å². The largest absolute Gasteiger partial charge is 0.462 e. The van der Waals surface area contributed by atoms with Crippen LogP contribution in [-0.2, 0) is 9.53 Å². The summed E-state index contributed by atoms with van der Waals surface area (Å²) in [6.07, 6.45) is 27.3. The first-order valence-corrected chi connectivity index (χ1v) is 15.0. The maximum atomic E-state index is 12.6. The van der Waals surface area contributed by atoms with Crippen LogP contribution in [0, 0.1) is 5.92 Å². The third-order valence-corrected chi connectivity index (χ3v) is 7.05. The van der Waals surface area contributed by atoms with Crippen molar-refractivity contribution in [1.82, 2.24) is 0 Å². The summed E-state index contributed by atoms with van der Waals surface area (Å²) in [5, 5.41) is 10.1. The number of carbonyl (C=O) groups is 1. The molecule has 0 rings (SSSR count). The first kappa shape index (κ1) is 32.4. The zero-order valence-electron chi connectivity index (χ0n) is 22.9. The minimum Gasteiger partial charge on any atom is -0.462 e. The summed E-state index contributed by atoms with van der Waals surface area (Å²) in [7, 11) is 0. The first-order valence-electron chi connectivity index (χ1n) is 15.0. The first-order chi connectivity index (χ1) is 16.2. The minimum absolute atomic E-state index is 0.0436. The lowest BCUT2D eigenvalue weighted by Crippen LogP contribution is -2.29. The SMILES string of the molecule is CCCCCCCCCC(=O)OC(CCCCCCCCC)C(CO)CCCCCCCC. The van der Waals surface area contributed by atoms with Crippen molar-refractivity contribution in [3.8, 4) is 0 Å². The molecule has 0 aliphatic carbocycles. The van der Waals surface area contributed by atoms with Crippen LogP contribution in [0.15, 0.2) is 0 Å². The van der Waals surface area contributed by atoms with E-state index in [1.165, 1.54) is 103 Å². The van der Waals surface area contributed by atoms with Crippen molar-refractivity contribution in [2.24, 2.45) is 5.92 Å². The summed E-state index contributed by atoms with van der Waals surface area (Å²) in [6.45, 7) is 6.88. The molecule has 0 saturated carbocycles. The van der Waals surface area contributed by atoms with Gasteiger partial charge in [-0.25, -0.2) is 0 Å². The van der Waals surface area contributed by atoms with Gasteiger partial charge >= 0.3 is 5.97 Å². The fraction of sp³-hybridized carbons (Fsp3) is 0.967. The average molecular weight is 469 g/mol. The van der Waals surface area contributed by atoms with Crippen molar-refractivity contribution < 1.29 is 14.6 Å². The predicted molar refractivity (Wildman–Crippen MR) is 144 cm³/mol. The van der Waals surface area contributed by atoms with Crippen LogP contribution in [0.5, 0.6) is 0 Å². The average Bonchev–Trinajstić information content (AvgIpc) is 2.82. The van der Waals surface area contributed by atoms with Crippen molar-refractivity contribution >= 4 is 5.97 Å². The Kier molecular flexibility index (Phi) is 25.6. The zero-order valence-corrected chi connectivity index (χ0v) is 22.9. The van der Waals surface area contributed by atoms with Gasteiger partial charge in [-0.05, 0) is 25.7 Å². The van der Waals surface area contributed by atoms with Crippen LogP contribution in [0.3, 0.4) is 0 Å². The topological polar surface area (TPSA) is 46.5 Å².